The number of carbonyl (C=O) groups is 1. The Morgan fingerprint density at radius 3 is 2.96 bits per heavy atom. The van der Waals surface area contributed by atoms with E-state index >= 15 is 0 Å². The third-order valence-electron chi connectivity index (χ3n) is 3.02. The SMILES string of the molecule is Cc1cc(C(=O)Nc2ncc(Cc3cccc(Cl)c3Cl)s2)on1. The van der Waals surface area contributed by atoms with Crippen LogP contribution in [0.1, 0.15) is 26.7 Å². The number of benzene rings is 1. The molecule has 3 rings (SSSR count). The van der Waals surface area contributed by atoms with Crippen molar-refractivity contribution in [2.24, 2.45) is 0 Å². The number of aromatic nitrogens is 2. The smallest absolute Gasteiger partial charge is 0.296 e. The number of aryl methyl sites for hydroxylation is 1. The lowest BCUT2D eigenvalue weighted by atomic mass is 10.1. The fraction of sp³-hybridized carbons (Fsp3) is 0.133. The monoisotopic (exact) mass is 367 g/mol. The fourth-order valence-corrected chi connectivity index (χ4v) is 3.17. The summed E-state index contributed by atoms with van der Waals surface area (Å²) in [4.78, 5) is 17.1. The maximum absolute atomic E-state index is 12.0. The Balaban J connectivity index is 1.71. The van der Waals surface area contributed by atoms with Crippen LogP contribution in [0.2, 0.25) is 10.0 Å². The number of thiazole rings is 1. The number of halogens is 2. The minimum atomic E-state index is -0.382. The minimum absolute atomic E-state index is 0.150. The lowest BCUT2D eigenvalue weighted by Crippen LogP contribution is -2.10. The predicted octanol–water partition coefficient (Wildman–Crippen LogP) is 4.59. The molecule has 23 heavy (non-hydrogen) atoms. The van der Waals surface area contributed by atoms with Crippen LogP contribution in [-0.4, -0.2) is 16.0 Å². The Bertz CT molecular complexity index is 860. The summed E-state index contributed by atoms with van der Waals surface area (Å²) < 4.78 is 4.91. The maximum Gasteiger partial charge on any atom is 0.296 e. The van der Waals surface area contributed by atoms with Crippen molar-refractivity contribution in [2.75, 3.05) is 5.32 Å². The summed E-state index contributed by atoms with van der Waals surface area (Å²) >= 11 is 13.6. The number of carbonyl (C=O) groups excluding carboxylic acids is 1. The van der Waals surface area contributed by atoms with Gasteiger partial charge in [-0.25, -0.2) is 4.98 Å². The van der Waals surface area contributed by atoms with Crippen LogP contribution >= 0.6 is 34.5 Å². The highest BCUT2D eigenvalue weighted by Gasteiger charge is 2.14. The average molecular weight is 368 g/mol. The molecule has 1 amide bonds. The Morgan fingerprint density at radius 1 is 1.39 bits per heavy atom. The van der Waals surface area contributed by atoms with Gasteiger partial charge in [0.15, 0.2) is 5.13 Å². The van der Waals surface area contributed by atoms with Crippen LogP contribution < -0.4 is 5.32 Å². The standard InChI is InChI=1S/C15H11Cl2N3O2S/c1-8-5-12(22-20-8)14(21)19-15-18-7-10(23-15)6-9-3-2-4-11(16)13(9)17/h2-5,7H,6H2,1H3,(H,18,19,21). The quantitative estimate of drug-likeness (QED) is 0.731. The van der Waals surface area contributed by atoms with Gasteiger partial charge in [0, 0.05) is 23.6 Å². The van der Waals surface area contributed by atoms with E-state index < -0.39 is 0 Å². The van der Waals surface area contributed by atoms with E-state index in [1.807, 2.05) is 12.1 Å². The van der Waals surface area contributed by atoms with Gasteiger partial charge >= 0.3 is 0 Å². The Morgan fingerprint density at radius 2 is 2.22 bits per heavy atom. The van der Waals surface area contributed by atoms with Crippen LogP contribution in [0.5, 0.6) is 0 Å². The molecule has 8 heteroatoms. The molecule has 0 unspecified atom stereocenters. The van der Waals surface area contributed by atoms with Crippen LogP contribution in [-0.2, 0) is 6.42 Å². The van der Waals surface area contributed by atoms with Crippen LogP contribution in [0.3, 0.4) is 0 Å². The second kappa shape index (κ2) is 6.70. The van der Waals surface area contributed by atoms with Crippen molar-refractivity contribution < 1.29 is 9.32 Å². The number of hydrogen-bond acceptors (Lipinski definition) is 5. The van der Waals surface area contributed by atoms with Gasteiger partial charge < -0.3 is 4.52 Å². The van der Waals surface area contributed by atoms with Gasteiger partial charge in [0.2, 0.25) is 5.76 Å². The second-order valence-corrected chi connectivity index (χ2v) is 6.71. The van der Waals surface area contributed by atoms with Crippen molar-refractivity contribution in [3.63, 3.8) is 0 Å². The summed E-state index contributed by atoms with van der Waals surface area (Å²) in [6.45, 7) is 1.75. The molecule has 0 saturated carbocycles. The Kier molecular flexibility index (Phi) is 4.66. The number of hydrogen-bond donors (Lipinski definition) is 1. The summed E-state index contributed by atoms with van der Waals surface area (Å²) in [6.07, 6.45) is 2.29. The molecule has 1 N–H and O–H groups in total. The van der Waals surface area contributed by atoms with Crippen molar-refractivity contribution in [3.8, 4) is 0 Å². The highest BCUT2D eigenvalue weighted by atomic mass is 35.5. The molecule has 0 spiro atoms. The molecule has 118 valence electrons. The van der Waals surface area contributed by atoms with Crippen LogP contribution in [0.25, 0.3) is 0 Å². The maximum atomic E-state index is 12.0. The van der Waals surface area contributed by atoms with Crippen molar-refractivity contribution in [3.05, 3.63) is 62.4 Å². The van der Waals surface area contributed by atoms with Gasteiger partial charge in [-0.05, 0) is 18.6 Å². The lowest BCUT2D eigenvalue weighted by Gasteiger charge is -2.03. The molecule has 0 aliphatic heterocycles. The highest BCUT2D eigenvalue weighted by molar-refractivity contribution is 7.15. The number of nitrogens with zero attached hydrogens (tertiary/aromatic N) is 2. The van der Waals surface area contributed by atoms with Crippen molar-refractivity contribution in [1.29, 1.82) is 0 Å². The summed E-state index contributed by atoms with van der Waals surface area (Å²) in [6, 6.07) is 7.06. The van der Waals surface area contributed by atoms with Gasteiger partial charge in [0.05, 0.1) is 15.7 Å². The Labute approximate surface area is 146 Å². The zero-order valence-corrected chi connectivity index (χ0v) is 14.3. The van der Waals surface area contributed by atoms with Crippen LogP contribution in [0.15, 0.2) is 35.0 Å². The van der Waals surface area contributed by atoms with Gasteiger partial charge in [-0.3, -0.25) is 10.1 Å². The molecular formula is C15H11Cl2N3O2S. The second-order valence-electron chi connectivity index (χ2n) is 4.81. The first kappa shape index (κ1) is 16.0. The number of amides is 1. The average Bonchev–Trinajstić information content (AvgIpc) is 3.13. The van der Waals surface area contributed by atoms with E-state index in [-0.39, 0.29) is 11.7 Å². The molecule has 2 heterocycles. The molecule has 5 nitrogen and oxygen atoms in total. The molecule has 0 saturated heterocycles. The minimum Gasteiger partial charge on any atom is -0.351 e. The molecule has 0 atom stereocenters. The largest absolute Gasteiger partial charge is 0.351 e. The highest BCUT2D eigenvalue weighted by Crippen LogP contribution is 2.29. The number of nitrogens with one attached hydrogen (secondary N) is 1. The molecule has 0 bridgehead atoms. The molecule has 3 aromatic rings. The number of rotatable bonds is 4. The van der Waals surface area contributed by atoms with Gasteiger partial charge in [0.25, 0.3) is 5.91 Å². The summed E-state index contributed by atoms with van der Waals surface area (Å²) in [5, 5.41) is 7.89. The molecule has 0 aliphatic carbocycles. The van der Waals surface area contributed by atoms with E-state index in [1.165, 1.54) is 11.3 Å². The molecular weight excluding hydrogens is 357 g/mol. The third-order valence-corrected chi connectivity index (χ3v) is 4.79. The van der Waals surface area contributed by atoms with E-state index in [0.717, 1.165) is 10.4 Å². The van der Waals surface area contributed by atoms with E-state index in [2.05, 4.69) is 15.5 Å². The molecule has 2 aromatic heterocycles. The van der Waals surface area contributed by atoms with Crippen molar-refractivity contribution in [2.45, 2.75) is 13.3 Å². The summed E-state index contributed by atoms with van der Waals surface area (Å²) in [5.74, 6) is -0.232. The zero-order chi connectivity index (χ0) is 16.4. The summed E-state index contributed by atoms with van der Waals surface area (Å²) in [7, 11) is 0. The van der Waals surface area contributed by atoms with Crippen molar-refractivity contribution >= 4 is 45.6 Å². The van der Waals surface area contributed by atoms with Gasteiger partial charge in [-0.2, -0.15) is 0 Å². The predicted molar refractivity (Wildman–Crippen MR) is 90.6 cm³/mol. The van der Waals surface area contributed by atoms with E-state index in [0.29, 0.717) is 27.3 Å². The lowest BCUT2D eigenvalue weighted by molar-refractivity contribution is 0.0988. The van der Waals surface area contributed by atoms with Gasteiger partial charge in [-0.15, -0.1) is 11.3 Å². The third kappa shape index (κ3) is 3.72. The van der Waals surface area contributed by atoms with Gasteiger partial charge in [-0.1, -0.05) is 40.5 Å². The topological polar surface area (TPSA) is 68.0 Å². The number of anilines is 1. The molecule has 0 fully saturated rings. The van der Waals surface area contributed by atoms with Crippen LogP contribution in [0, 0.1) is 6.92 Å². The van der Waals surface area contributed by atoms with E-state index in [1.54, 1.807) is 25.3 Å². The van der Waals surface area contributed by atoms with Crippen LogP contribution in [0.4, 0.5) is 5.13 Å². The zero-order valence-electron chi connectivity index (χ0n) is 12.0. The van der Waals surface area contributed by atoms with E-state index in [4.69, 9.17) is 27.7 Å². The van der Waals surface area contributed by atoms with Gasteiger partial charge in [0.1, 0.15) is 0 Å². The summed E-state index contributed by atoms with van der Waals surface area (Å²) in [5.41, 5.74) is 1.55. The first-order valence-corrected chi connectivity index (χ1v) is 8.22. The fourth-order valence-electron chi connectivity index (χ4n) is 1.95. The van der Waals surface area contributed by atoms with Crippen molar-refractivity contribution in [1.82, 2.24) is 10.1 Å². The first-order valence-electron chi connectivity index (χ1n) is 6.65. The van der Waals surface area contributed by atoms with E-state index in [9.17, 15) is 4.79 Å². The molecule has 1 aromatic carbocycles. The normalized spacial score (nSPS) is 10.7. The first-order chi connectivity index (χ1) is 11.0. The Hall–Kier alpha value is -1.89. The molecule has 0 radical (unpaired) electrons. The molecule has 0 aliphatic rings.